The molecule has 2 aliphatic heterocycles. The van der Waals surface area contributed by atoms with Gasteiger partial charge in [0.05, 0.1) is 34.9 Å². The number of aromatic amines is 2. The number of H-pyrrole nitrogens is 2. The lowest BCUT2D eigenvalue weighted by Gasteiger charge is -2.14. The first-order chi connectivity index (χ1) is 37.0. The highest BCUT2D eigenvalue weighted by Crippen LogP contribution is 2.52. The summed E-state index contributed by atoms with van der Waals surface area (Å²) in [6.07, 6.45) is 12.4. The standard InChI is InChI=1S/C61H52F4N6O5/c62-56-55(57(63)59(65)60(58(56)64)66-28-7-3-4-8-29-67-61(75)76-33-42-40-18-5-1-2-6-19-41(40)42)54-49-26-24-47(70-49)52(35-13-10-16-38(73)31-35)45-22-20-43(68-45)51(34-12-9-15-37(72)30-34)44-21-23-46(69-44)53(48-25-27-50(54)71-48)36-14-11-17-39(74)32-36/h9-17,20-27,30-32,40-42,66,68,71-74H,3-8,18-19,28-29,33H2,(H,67,75)/t40-,41+,42?. The minimum absolute atomic E-state index is 0.00688. The first-order valence-electron chi connectivity index (χ1n) is 25.5. The van der Waals surface area contributed by atoms with Crippen LogP contribution < -0.4 is 10.6 Å². The van der Waals surface area contributed by atoms with Crippen molar-refractivity contribution in [2.75, 3.05) is 25.0 Å². The maximum Gasteiger partial charge on any atom is 0.407 e. The molecule has 8 bridgehead atoms. The van der Waals surface area contributed by atoms with Crippen molar-refractivity contribution in [1.82, 2.24) is 25.3 Å². The fraction of sp³-hybridized carbons (Fsp3) is 0.230. The van der Waals surface area contributed by atoms with Gasteiger partial charge in [0.2, 0.25) is 0 Å². The van der Waals surface area contributed by atoms with Crippen molar-refractivity contribution < 1.29 is 42.4 Å². The van der Waals surface area contributed by atoms with Crippen LogP contribution in [0.15, 0.2) is 97.1 Å². The van der Waals surface area contributed by atoms with Gasteiger partial charge in [-0.05, 0) is 145 Å². The van der Waals surface area contributed by atoms with E-state index in [2.05, 4.69) is 32.4 Å². The largest absolute Gasteiger partial charge is 0.508 e. The number of ether oxygens (including phenoxy) is 1. The summed E-state index contributed by atoms with van der Waals surface area (Å²) in [7, 11) is 0. The fourth-order valence-electron chi connectivity index (χ4n) is 10.9. The van der Waals surface area contributed by atoms with E-state index in [1.54, 1.807) is 72.8 Å². The van der Waals surface area contributed by atoms with Gasteiger partial charge in [0, 0.05) is 70.3 Å². The van der Waals surface area contributed by atoms with Gasteiger partial charge in [0.25, 0.3) is 0 Å². The molecule has 15 heteroatoms. The number of carbonyl (C=O) groups is 1. The summed E-state index contributed by atoms with van der Waals surface area (Å²) in [5.74, 6) is 1.33. The summed E-state index contributed by atoms with van der Waals surface area (Å²) < 4.78 is 72.2. The fourth-order valence-corrected chi connectivity index (χ4v) is 10.9. The molecular weight excluding hydrogens is 973 g/mol. The molecule has 0 saturated heterocycles. The second kappa shape index (κ2) is 21.2. The molecule has 0 radical (unpaired) electrons. The molecule has 0 spiro atoms. The van der Waals surface area contributed by atoms with Crippen LogP contribution in [0.2, 0.25) is 0 Å². The Morgan fingerprint density at radius 1 is 0.553 bits per heavy atom. The van der Waals surface area contributed by atoms with Crippen LogP contribution in [-0.4, -0.2) is 61.0 Å². The number of halogens is 4. The number of alkyl carbamates (subject to hydrolysis) is 1. The molecule has 5 heterocycles. The third-order valence-corrected chi connectivity index (χ3v) is 14.6. The number of nitrogens with zero attached hydrogens (tertiary/aromatic N) is 2. The van der Waals surface area contributed by atoms with E-state index in [-0.39, 0.29) is 46.3 Å². The highest BCUT2D eigenvalue weighted by molar-refractivity contribution is 6.00. The van der Waals surface area contributed by atoms with Gasteiger partial charge < -0.3 is 40.7 Å². The normalized spacial score (nSPS) is 16.3. The molecular formula is C61H52F4N6O5. The van der Waals surface area contributed by atoms with E-state index in [0.29, 0.717) is 118 Å². The van der Waals surface area contributed by atoms with Gasteiger partial charge in [0.15, 0.2) is 23.3 Å². The van der Waals surface area contributed by atoms with Crippen LogP contribution in [0.25, 0.3) is 90.9 Å². The van der Waals surface area contributed by atoms with Crippen LogP contribution in [0.5, 0.6) is 17.2 Å². The van der Waals surface area contributed by atoms with Crippen LogP contribution in [0, 0.1) is 52.9 Å². The second-order valence-electron chi connectivity index (χ2n) is 19.4. The van der Waals surface area contributed by atoms with Crippen molar-refractivity contribution in [1.29, 1.82) is 0 Å². The Morgan fingerprint density at radius 3 is 1.42 bits per heavy atom. The maximum atomic E-state index is 16.9. The summed E-state index contributed by atoms with van der Waals surface area (Å²) in [4.78, 5) is 29.2. The Kier molecular flexibility index (Phi) is 13.8. The van der Waals surface area contributed by atoms with E-state index in [1.165, 1.54) is 24.3 Å². The van der Waals surface area contributed by atoms with E-state index in [1.807, 2.05) is 24.3 Å². The highest BCUT2D eigenvalue weighted by Gasteiger charge is 2.49. The molecule has 384 valence electrons. The molecule has 3 atom stereocenters. The Bertz CT molecular complexity index is 3650. The molecule has 7 aromatic rings. The number of hydrogen-bond donors (Lipinski definition) is 7. The number of fused-ring (bicyclic) bond motifs is 9. The van der Waals surface area contributed by atoms with Crippen molar-refractivity contribution in [2.24, 2.45) is 17.8 Å². The van der Waals surface area contributed by atoms with Crippen LogP contribution in [0.1, 0.15) is 74.1 Å². The van der Waals surface area contributed by atoms with Gasteiger partial charge in [-0.25, -0.2) is 32.3 Å². The monoisotopic (exact) mass is 1020 g/mol. The lowest BCUT2D eigenvalue weighted by Crippen LogP contribution is -2.26. The third-order valence-electron chi connectivity index (χ3n) is 14.6. The molecule has 11 nitrogen and oxygen atoms in total. The smallest absolute Gasteiger partial charge is 0.407 e. The SMILES string of the molecule is O=C(NCCCCCCNc1c(F)c(F)c(-c2c3nc(c(-c4cccc(O)c4)c4ccc([nH]4)c(-c4cccc(O)c4)c4nc(c(-c5cccc(O)c5)c5ccc2[nH]5)C=C4)C=C3)c(F)c1F)OCC1[C@H]2CCC#CCC[C@@H]12. The summed E-state index contributed by atoms with van der Waals surface area (Å²) in [5, 5.41) is 37.5. The minimum Gasteiger partial charge on any atom is -0.508 e. The average molecular weight is 1030 g/mol. The topological polar surface area (TPSA) is 168 Å². The highest BCUT2D eigenvalue weighted by atomic mass is 19.2. The van der Waals surface area contributed by atoms with Crippen LogP contribution in [0.3, 0.4) is 0 Å². The van der Waals surface area contributed by atoms with Crippen molar-refractivity contribution in [3.8, 4) is 73.6 Å². The van der Waals surface area contributed by atoms with Crippen molar-refractivity contribution >= 4 is 58.2 Å². The summed E-state index contributed by atoms with van der Waals surface area (Å²) in [6, 6.07) is 26.5. The van der Waals surface area contributed by atoms with E-state index < -0.39 is 40.6 Å². The number of phenols is 3. The quantitative estimate of drug-likeness (QED) is 0.0244. The molecule has 2 aliphatic carbocycles. The first-order valence-corrected chi connectivity index (χ1v) is 25.5. The minimum atomic E-state index is -1.65. The molecule has 4 aromatic carbocycles. The molecule has 4 aliphatic rings. The van der Waals surface area contributed by atoms with Gasteiger partial charge in [-0.15, -0.1) is 11.8 Å². The predicted molar refractivity (Wildman–Crippen MR) is 288 cm³/mol. The average Bonchev–Trinajstić information content (AvgIpc) is 4.13. The van der Waals surface area contributed by atoms with Crippen LogP contribution in [-0.2, 0) is 4.74 Å². The summed E-state index contributed by atoms with van der Waals surface area (Å²) >= 11 is 0. The number of carbonyl (C=O) groups excluding carboxylic acids is 1. The van der Waals surface area contributed by atoms with E-state index in [4.69, 9.17) is 14.7 Å². The van der Waals surface area contributed by atoms with E-state index >= 15 is 17.6 Å². The molecule has 1 amide bonds. The number of aromatic hydroxyl groups is 3. The van der Waals surface area contributed by atoms with Crippen molar-refractivity contribution in [2.45, 2.75) is 51.4 Å². The summed E-state index contributed by atoms with van der Waals surface area (Å²) in [6.45, 7) is 0.798. The van der Waals surface area contributed by atoms with Gasteiger partial charge >= 0.3 is 6.09 Å². The molecule has 1 saturated carbocycles. The molecule has 7 N–H and O–H groups in total. The van der Waals surface area contributed by atoms with Crippen LogP contribution in [0.4, 0.5) is 28.0 Å². The Labute approximate surface area is 435 Å². The molecule has 1 fully saturated rings. The van der Waals surface area contributed by atoms with Crippen LogP contribution >= 0.6 is 0 Å². The number of hydrogen-bond acceptors (Lipinski definition) is 8. The van der Waals surface area contributed by atoms with Gasteiger partial charge in [-0.2, -0.15) is 0 Å². The number of anilines is 1. The molecule has 1 unspecified atom stereocenters. The zero-order valence-electron chi connectivity index (χ0n) is 41.1. The molecule has 76 heavy (non-hydrogen) atoms. The zero-order chi connectivity index (χ0) is 52.5. The molecule has 11 rings (SSSR count). The number of unbranched alkanes of at least 4 members (excludes halogenated alkanes) is 3. The van der Waals surface area contributed by atoms with Gasteiger partial charge in [-0.1, -0.05) is 49.2 Å². The Balaban J connectivity index is 0.946. The number of benzene rings is 4. The van der Waals surface area contributed by atoms with Gasteiger partial charge in [-0.3, -0.25) is 0 Å². The van der Waals surface area contributed by atoms with Gasteiger partial charge in [0.1, 0.15) is 22.9 Å². The third kappa shape index (κ3) is 9.98. The maximum absolute atomic E-state index is 16.9. The Morgan fingerprint density at radius 2 is 0.974 bits per heavy atom. The number of amides is 1. The predicted octanol–water partition coefficient (Wildman–Crippen LogP) is 14.1. The number of rotatable bonds is 14. The van der Waals surface area contributed by atoms with Crippen molar-refractivity contribution in [3.05, 3.63) is 143 Å². The number of aromatic nitrogens is 4. The number of phenolic OH excluding ortho intramolecular Hbond substituents is 3. The summed E-state index contributed by atoms with van der Waals surface area (Å²) in [5.41, 5.74) is 3.71. The first kappa shape index (κ1) is 49.4. The van der Waals surface area contributed by atoms with E-state index in [0.717, 1.165) is 25.7 Å². The number of nitrogens with one attached hydrogen (secondary N) is 4. The second-order valence-corrected chi connectivity index (χ2v) is 19.4. The van der Waals surface area contributed by atoms with Crippen molar-refractivity contribution in [3.63, 3.8) is 0 Å². The lowest BCUT2D eigenvalue weighted by molar-refractivity contribution is 0.137. The zero-order valence-corrected chi connectivity index (χ0v) is 41.1. The lowest BCUT2D eigenvalue weighted by atomic mass is 10.0. The molecule has 3 aromatic heterocycles. The Hall–Kier alpha value is -8.77. The van der Waals surface area contributed by atoms with E-state index in [9.17, 15) is 20.1 Å².